The molecule has 0 amide bonds. The topological polar surface area (TPSA) is 55.7 Å². The maximum atomic E-state index is 13.0. The SMILES string of the molecule is Cc1cc(C)c(C(=NOS(C)(=O)=O)C(F)(F)F)c(C)c1. The lowest BCUT2D eigenvalue weighted by molar-refractivity contribution is -0.0597. The van der Waals surface area contributed by atoms with Gasteiger partial charge in [0.15, 0.2) is 5.71 Å². The Hall–Kier alpha value is -1.57. The van der Waals surface area contributed by atoms with Crippen molar-refractivity contribution in [3.63, 3.8) is 0 Å². The zero-order valence-electron chi connectivity index (χ0n) is 11.4. The van der Waals surface area contributed by atoms with Crippen LogP contribution in [0.3, 0.4) is 0 Å². The van der Waals surface area contributed by atoms with Crippen LogP contribution >= 0.6 is 0 Å². The molecular formula is C12H14F3NO3S. The lowest BCUT2D eigenvalue weighted by Gasteiger charge is -2.15. The monoisotopic (exact) mass is 309 g/mol. The van der Waals surface area contributed by atoms with Crippen LogP contribution in [0.1, 0.15) is 22.3 Å². The largest absolute Gasteiger partial charge is 0.437 e. The van der Waals surface area contributed by atoms with Crippen LogP contribution in [0.5, 0.6) is 0 Å². The number of oxime groups is 1. The molecule has 0 saturated carbocycles. The van der Waals surface area contributed by atoms with Gasteiger partial charge in [0.2, 0.25) is 0 Å². The van der Waals surface area contributed by atoms with Gasteiger partial charge < -0.3 is 0 Å². The first-order valence-electron chi connectivity index (χ1n) is 5.54. The van der Waals surface area contributed by atoms with Crippen molar-refractivity contribution >= 4 is 15.8 Å². The van der Waals surface area contributed by atoms with Crippen molar-refractivity contribution in [2.45, 2.75) is 26.9 Å². The van der Waals surface area contributed by atoms with Crippen LogP contribution in [0.2, 0.25) is 0 Å². The molecule has 0 aliphatic heterocycles. The van der Waals surface area contributed by atoms with Gasteiger partial charge in [0, 0.05) is 5.56 Å². The first-order valence-corrected chi connectivity index (χ1v) is 7.35. The minimum atomic E-state index is -4.82. The van der Waals surface area contributed by atoms with Gasteiger partial charge in [-0.25, -0.2) is 0 Å². The summed E-state index contributed by atoms with van der Waals surface area (Å²) in [6.45, 7) is 4.75. The third-order valence-electron chi connectivity index (χ3n) is 2.45. The molecule has 1 aromatic carbocycles. The number of rotatable bonds is 3. The molecule has 0 spiro atoms. The molecule has 1 aromatic rings. The Kier molecular flexibility index (Phi) is 4.48. The molecule has 0 unspecified atom stereocenters. The predicted molar refractivity (Wildman–Crippen MR) is 69.2 cm³/mol. The van der Waals surface area contributed by atoms with Gasteiger partial charge >= 0.3 is 16.3 Å². The molecular weight excluding hydrogens is 295 g/mol. The average molecular weight is 309 g/mol. The van der Waals surface area contributed by atoms with Gasteiger partial charge in [-0.2, -0.15) is 21.6 Å². The van der Waals surface area contributed by atoms with Crippen molar-refractivity contribution in [1.82, 2.24) is 0 Å². The Balaban J connectivity index is 3.48. The van der Waals surface area contributed by atoms with Crippen LogP contribution in [0, 0.1) is 20.8 Å². The number of nitrogens with zero attached hydrogens (tertiary/aromatic N) is 1. The highest BCUT2D eigenvalue weighted by atomic mass is 32.2. The molecule has 0 atom stereocenters. The lowest BCUT2D eigenvalue weighted by Crippen LogP contribution is -2.26. The molecule has 1 rings (SSSR count). The van der Waals surface area contributed by atoms with Gasteiger partial charge in [-0.15, -0.1) is 0 Å². The number of hydrogen-bond donors (Lipinski definition) is 0. The van der Waals surface area contributed by atoms with Crippen LogP contribution in [-0.4, -0.2) is 26.6 Å². The van der Waals surface area contributed by atoms with Gasteiger partial charge in [0.25, 0.3) is 0 Å². The Labute approximate surface area is 115 Å². The zero-order valence-corrected chi connectivity index (χ0v) is 12.2. The molecule has 0 aliphatic rings. The van der Waals surface area contributed by atoms with E-state index in [0.29, 0.717) is 17.4 Å². The fourth-order valence-corrected chi connectivity index (χ4v) is 2.11. The van der Waals surface area contributed by atoms with Crippen LogP contribution in [0.15, 0.2) is 17.3 Å². The van der Waals surface area contributed by atoms with Gasteiger partial charge in [-0.3, -0.25) is 4.28 Å². The summed E-state index contributed by atoms with van der Waals surface area (Å²) in [6, 6.07) is 3.12. The second-order valence-electron chi connectivity index (χ2n) is 4.49. The molecule has 0 fully saturated rings. The minimum absolute atomic E-state index is 0.174. The molecule has 20 heavy (non-hydrogen) atoms. The summed E-state index contributed by atoms with van der Waals surface area (Å²) in [5.74, 6) is 0. The van der Waals surface area contributed by atoms with Gasteiger partial charge in [0.05, 0.1) is 6.26 Å². The van der Waals surface area contributed by atoms with Crippen LogP contribution in [0.25, 0.3) is 0 Å². The van der Waals surface area contributed by atoms with E-state index in [0.717, 1.165) is 5.56 Å². The Morgan fingerprint density at radius 3 is 1.95 bits per heavy atom. The molecule has 4 nitrogen and oxygen atoms in total. The third kappa shape index (κ3) is 4.22. The third-order valence-corrected chi connectivity index (χ3v) is 2.79. The Morgan fingerprint density at radius 2 is 1.60 bits per heavy atom. The summed E-state index contributed by atoms with van der Waals surface area (Å²) in [5.41, 5.74) is -0.0506. The van der Waals surface area contributed by atoms with E-state index in [-0.39, 0.29) is 5.56 Å². The maximum absolute atomic E-state index is 13.0. The van der Waals surface area contributed by atoms with Crippen molar-refractivity contribution in [2.75, 3.05) is 6.26 Å². The molecule has 0 saturated heterocycles. The van der Waals surface area contributed by atoms with Crippen molar-refractivity contribution in [1.29, 1.82) is 0 Å². The van der Waals surface area contributed by atoms with E-state index >= 15 is 0 Å². The second-order valence-corrected chi connectivity index (χ2v) is 6.05. The first-order chi connectivity index (χ1) is 8.92. The van der Waals surface area contributed by atoms with E-state index in [2.05, 4.69) is 9.44 Å². The predicted octanol–water partition coefficient (Wildman–Crippen LogP) is 2.85. The van der Waals surface area contributed by atoms with Gasteiger partial charge in [-0.05, 0) is 31.9 Å². The quantitative estimate of drug-likeness (QED) is 0.637. The lowest BCUT2D eigenvalue weighted by atomic mass is 9.96. The highest BCUT2D eigenvalue weighted by molar-refractivity contribution is 7.85. The smallest absolute Gasteiger partial charge is 0.268 e. The fourth-order valence-electron chi connectivity index (χ4n) is 1.90. The van der Waals surface area contributed by atoms with Crippen molar-refractivity contribution in [2.24, 2.45) is 5.16 Å². The van der Waals surface area contributed by atoms with E-state index in [1.54, 1.807) is 19.1 Å². The Morgan fingerprint density at radius 1 is 1.15 bits per heavy atom. The molecule has 0 N–H and O–H groups in total. The number of aryl methyl sites for hydroxylation is 3. The molecule has 0 aromatic heterocycles. The Bertz CT molecular complexity index is 625. The normalized spacial score (nSPS) is 13.4. The van der Waals surface area contributed by atoms with E-state index in [4.69, 9.17) is 0 Å². The molecule has 8 heteroatoms. The molecule has 0 aliphatic carbocycles. The van der Waals surface area contributed by atoms with E-state index in [1.807, 2.05) is 0 Å². The minimum Gasteiger partial charge on any atom is -0.268 e. The second kappa shape index (κ2) is 5.43. The summed E-state index contributed by atoms with van der Waals surface area (Å²) in [7, 11) is -4.11. The summed E-state index contributed by atoms with van der Waals surface area (Å²) < 4.78 is 64.7. The van der Waals surface area contributed by atoms with Crippen LogP contribution in [-0.2, 0) is 14.4 Å². The van der Waals surface area contributed by atoms with Crippen molar-refractivity contribution < 1.29 is 25.9 Å². The number of halogens is 3. The maximum Gasteiger partial charge on any atom is 0.437 e. The summed E-state index contributed by atoms with van der Waals surface area (Å²) >= 11 is 0. The molecule has 0 radical (unpaired) electrons. The van der Waals surface area contributed by atoms with Gasteiger partial charge in [0.1, 0.15) is 0 Å². The van der Waals surface area contributed by atoms with Crippen LogP contribution in [0.4, 0.5) is 13.2 Å². The molecule has 0 heterocycles. The van der Waals surface area contributed by atoms with Crippen molar-refractivity contribution in [3.8, 4) is 0 Å². The fraction of sp³-hybridized carbons (Fsp3) is 0.417. The van der Waals surface area contributed by atoms with E-state index in [1.165, 1.54) is 13.8 Å². The summed E-state index contributed by atoms with van der Waals surface area (Å²) in [4.78, 5) is 0. The number of benzene rings is 1. The van der Waals surface area contributed by atoms with E-state index in [9.17, 15) is 21.6 Å². The average Bonchev–Trinajstić information content (AvgIpc) is 2.17. The van der Waals surface area contributed by atoms with Gasteiger partial charge in [-0.1, -0.05) is 22.9 Å². The number of hydrogen-bond acceptors (Lipinski definition) is 4. The highest BCUT2D eigenvalue weighted by Gasteiger charge is 2.39. The molecule has 112 valence electrons. The highest BCUT2D eigenvalue weighted by Crippen LogP contribution is 2.28. The van der Waals surface area contributed by atoms with Crippen LogP contribution < -0.4 is 0 Å². The summed E-state index contributed by atoms with van der Waals surface area (Å²) in [5, 5.41) is 2.79. The number of alkyl halides is 3. The first kappa shape index (κ1) is 16.5. The summed E-state index contributed by atoms with van der Waals surface area (Å²) in [6.07, 6.45) is -4.20. The molecule has 0 bridgehead atoms. The zero-order chi connectivity index (χ0) is 15.7. The van der Waals surface area contributed by atoms with Crippen molar-refractivity contribution in [3.05, 3.63) is 34.4 Å². The standard InChI is InChI=1S/C12H14F3NO3S/c1-7-5-8(2)10(9(3)6-7)11(12(13,14)15)16-19-20(4,17)18/h5-6H,1-4H3. The van der Waals surface area contributed by atoms with E-state index < -0.39 is 22.0 Å².